The molecule has 0 bridgehead atoms. The fraction of sp³-hybridized carbons (Fsp3) is 0.941. The molecule has 1 saturated carbocycles. The van der Waals surface area contributed by atoms with Gasteiger partial charge in [0.1, 0.15) is 0 Å². The highest BCUT2D eigenvalue weighted by atomic mass is 35.5. The largest absolute Gasteiger partial charge is 0.353 e. The number of piperidine rings is 1. The Labute approximate surface area is 136 Å². The molecule has 1 heterocycles. The summed E-state index contributed by atoms with van der Waals surface area (Å²) in [6.45, 7) is 9.11. The SMILES string of the molecule is CC1CC(C)CC(NC(=O)CC(C)C2CCNCC2)C1.Cl. The molecule has 1 saturated heterocycles. The van der Waals surface area contributed by atoms with Gasteiger partial charge >= 0.3 is 0 Å². The molecule has 0 aromatic heterocycles. The lowest BCUT2D eigenvalue weighted by Gasteiger charge is -2.33. The lowest BCUT2D eigenvalue weighted by atomic mass is 9.80. The minimum atomic E-state index is 0. The van der Waals surface area contributed by atoms with Gasteiger partial charge < -0.3 is 10.6 Å². The first-order valence-electron chi connectivity index (χ1n) is 8.54. The molecule has 2 fully saturated rings. The van der Waals surface area contributed by atoms with Crippen molar-refractivity contribution in [2.24, 2.45) is 23.7 Å². The molecule has 2 aliphatic rings. The van der Waals surface area contributed by atoms with E-state index < -0.39 is 0 Å². The first kappa shape index (κ1) is 18.8. The summed E-state index contributed by atoms with van der Waals surface area (Å²) in [6, 6.07) is 0.418. The van der Waals surface area contributed by atoms with Gasteiger partial charge in [-0.1, -0.05) is 20.8 Å². The Balaban J connectivity index is 0.00000220. The molecule has 124 valence electrons. The Bertz CT molecular complexity index is 308. The second-order valence-electron chi connectivity index (χ2n) is 7.45. The average Bonchev–Trinajstić information content (AvgIpc) is 2.38. The standard InChI is InChI=1S/C17H32N2O.ClH/c1-12-8-13(2)10-16(9-12)19-17(20)11-14(3)15-4-6-18-7-5-15;/h12-16,18H,4-11H2,1-3H3,(H,19,20);1H. The van der Waals surface area contributed by atoms with Crippen LogP contribution in [0, 0.1) is 23.7 Å². The zero-order valence-electron chi connectivity index (χ0n) is 13.9. The predicted molar refractivity (Wildman–Crippen MR) is 90.7 cm³/mol. The molecule has 1 aliphatic carbocycles. The van der Waals surface area contributed by atoms with Gasteiger partial charge in [-0.25, -0.2) is 0 Å². The third kappa shape index (κ3) is 6.15. The van der Waals surface area contributed by atoms with Gasteiger partial charge in [-0.3, -0.25) is 4.79 Å². The second-order valence-corrected chi connectivity index (χ2v) is 7.45. The van der Waals surface area contributed by atoms with Crippen LogP contribution in [0.3, 0.4) is 0 Å². The summed E-state index contributed by atoms with van der Waals surface area (Å²) in [4.78, 5) is 12.3. The van der Waals surface area contributed by atoms with Gasteiger partial charge in [-0.15, -0.1) is 12.4 Å². The third-order valence-corrected chi connectivity index (χ3v) is 5.24. The van der Waals surface area contributed by atoms with Gasteiger partial charge in [0.15, 0.2) is 0 Å². The van der Waals surface area contributed by atoms with E-state index in [1.54, 1.807) is 0 Å². The van der Waals surface area contributed by atoms with Crippen LogP contribution in [0.2, 0.25) is 0 Å². The van der Waals surface area contributed by atoms with E-state index >= 15 is 0 Å². The molecule has 3 nitrogen and oxygen atoms in total. The van der Waals surface area contributed by atoms with E-state index in [-0.39, 0.29) is 18.3 Å². The quantitative estimate of drug-likeness (QED) is 0.835. The van der Waals surface area contributed by atoms with E-state index in [4.69, 9.17) is 0 Å². The summed E-state index contributed by atoms with van der Waals surface area (Å²) in [6.07, 6.45) is 6.81. The maximum Gasteiger partial charge on any atom is 0.220 e. The lowest BCUT2D eigenvalue weighted by Crippen LogP contribution is -2.41. The molecular weight excluding hydrogens is 284 g/mol. The summed E-state index contributed by atoms with van der Waals surface area (Å²) < 4.78 is 0. The highest BCUT2D eigenvalue weighted by molar-refractivity contribution is 5.85. The van der Waals surface area contributed by atoms with E-state index in [9.17, 15) is 4.79 Å². The van der Waals surface area contributed by atoms with Crippen molar-refractivity contribution in [3.8, 4) is 0 Å². The van der Waals surface area contributed by atoms with Crippen molar-refractivity contribution in [2.75, 3.05) is 13.1 Å². The number of rotatable bonds is 4. The molecule has 1 aliphatic heterocycles. The van der Waals surface area contributed by atoms with Gasteiger partial charge in [-0.05, 0) is 68.9 Å². The van der Waals surface area contributed by atoms with Crippen LogP contribution in [0.1, 0.15) is 59.3 Å². The Morgan fingerprint density at radius 2 is 1.71 bits per heavy atom. The monoisotopic (exact) mass is 316 g/mol. The minimum absolute atomic E-state index is 0. The van der Waals surface area contributed by atoms with E-state index in [1.165, 1.54) is 19.3 Å². The van der Waals surface area contributed by atoms with Gasteiger partial charge in [0.25, 0.3) is 0 Å². The van der Waals surface area contributed by atoms with Crippen LogP contribution in [-0.4, -0.2) is 25.0 Å². The van der Waals surface area contributed by atoms with Crippen molar-refractivity contribution in [1.82, 2.24) is 10.6 Å². The number of halogens is 1. The average molecular weight is 317 g/mol. The zero-order valence-corrected chi connectivity index (χ0v) is 14.7. The number of carbonyl (C=O) groups is 1. The molecule has 0 aromatic carbocycles. The normalized spacial score (nSPS) is 32.0. The molecule has 1 amide bonds. The molecule has 0 aromatic rings. The zero-order chi connectivity index (χ0) is 14.5. The van der Waals surface area contributed by atoms with Crippen molar-refractivity contribution in [3.05, 3.63) is 0 Å². The molecule has 0 spiro atoms. The molecule has 4 heteroatoms. The number of nitrogens with one attached hydrogen (secondary N) is 2. The van der Waals surface area contributed by atoms with Crippen molar-refractivity contribution in [1.29, 1.82) is 0 Å². The number of hydrogen-bond acceptors (Lipinski definition) is 2. The van der Waals surface area contributed by atoms with Crippen LogP contribution in [0.4, 0.5) is 0 Å². The Morgan fingerprint density at radius 1 is 1.14 bits per heavy atom. The maximum absolute atomic E-state index is 12.3. The van der Waals surface area contributed by atoms with Gasteiger partial charge in [-0.2, -0.15) is 0 Å². The minimum Gasteiger partial charge on any atom is -0.353 e. The Hall–Kier alpha value is -0.280. The van der Waals surface area contributed by atoms with Gasteiger partial charge in [0.2, 0.25) is 5.91 Å². The van der Waals surface area contributed by atoms with Crippen LogP contribution < -0.4 is 10.6 Å². The van der Waals surface area contributed by atoms with Crippen LogP contribution in [0.5, 0.6) is 0 Å². The van der Waals surface area contributed by atoms with E-state index in [0.717, 1.165) is 43.7 Å². The maximum atomic E-state index is 12.3. The van der Waals surface area contributed by atoms with Crippen LogP contribution in [-0.2, 0) is 4.79 Å². The number of amides is 1. The highest BCUT2D eigenvalue weighted by Crippen LogP contribution is 2.29. The molecule has 3 unspecified atom stereocenters. The predicted octanol–water partition coefficient (Wildman–Crippen LogP) is 3.37. The lowest BCUT2D eigenvalue weighted by molar-refractivity contribution is -0.123. The number of hydrogen-bond donors (Lipinski definition) is 2. The second kappa shape index (κ2) is 8.99. The molecule has 2 rings (SSSR count). The molecular formula is C17H33ClN2O. The first-order chi connectivity index (χ1) is 9.54. The van der Waals surface area contributed by atoms with Gasteiger partial charge in [0, 0.05) is 12.5 Å². The smallest absolute Gasteiger partial charge is 0.220 e. The fourth-order valence-corrected chi connectivity index (χ4v) is 4.22. The summed E-state index contributed by atoms with van der Waals surface area (Å²) in [5.41, 5.74) is 0. The molecule has 0 radical (unpaired) electrons. The van der Waals surface area contributed by atoms with Crippen molar-refractivity contribution < 1.29 is 4.79 Å². The summed E-state index contributed by atoms with van der Waals surface area (Å²) in [5, 5.41) is 6.69. The first-order valence-corrected chi connectivity index (χ1v) is 8.54. The third-order valence-electron chi connectivity index (χ3n) is 5.24. The van der Waals surface area contributed by atoms with Crippen LogP contribution >= 0.6 is 12.4 Å². The molecule has 3 atom stereocenters. The van der Waals surface area contributed by atoms with Crippen LogP contribution in [0.15, 0.2) is 0 Å². The van der Waals surface area contributed by atoms with Crippen molar-refractivity contribution in [3.63, 3.8) is 0 Å². The van der Waals surface area contributed by atoms with E-state index in [2.05, 4.69) is 31.4 Å². The highest BCUT2D eigenvalue weighted by Gasteiger charge is 2.27. The molecule has 21 heavy (non-hydrogen) atoms. The summed E-state index contributed by atoms with van der Waals surface area (Å²) in [5.74, 6) is 3.04. The van der Waals surface area contributed by atoms with Crippen LogP contribution in [0.25, 0.3) is 0 Å². The van der Waals surface area contributed by atoms with E-state index in [0.29, 0.717) is 18.4 Å². The summed E-state index contributed by atoms with van der Waals surface area (Å²) in [7, 11) is 0. The fourth-order valence-electron chi connectivity index (χ4n) is 4.22. The van der Waals surface area contributed by atoms with E-state index in [1.807, 2.05) is 0 Å². The summed E-state index contributed by atoms with van der Waals surface area (Å²) >= 11 is 0. The molecule has 2 N–H and O–H groups in total. The number of carbonyl (C=O) groups excluding carboxylic acids is 1. The van der Waals surface area contributed by atoms with Crippen molar-refractivity contribution >= 4 is 18.3 Å². The topological polar surface area (TPSA) is 41.1 Å². The van der Waals surface area contributed by atoms with Crippen molar-refractivity contribution in [2.45, 2.75) is 65.3 Å². The Morgan fingerprint density at radius 3 is 2.29 bits per heavy atom. The Kier molecular flexibility index (Phi) is 8.04. The van der Waals surface area contributed by atoms with Gasteiger partial charge in [0.05, 0.1) is 0 Å².